The number of amides is 2. The van der Waals surface area contributed by atoms with Gasteiger partial charge in [0.25, 0.3) is 5.91 Å². The lowest BCUT2D eigenvalue weighted by Crippen LogP contribution is -2.71. The van der Waals surface area contributed by atoms with Crippen molar-refractivity contribution in [2.45, 2.75) is 196 Å². The number of aromatic nitrogens is 1. The van der Waals surface area contributed by atoms with Crippen LogP contribution >= 0.6 is 23.1 Å². The molecule has 6 fully saturated rings. The van der Waals surface area contributed by atoms with Gasteiger partial charge in [0, 0.05) is 83.1 Å². The van der Waals surface area contributed by atoms with E-state index in [4.69, 9.17) is 14.2 Å². The summed E-state index contributed by atoms with van der Waals surface area (Å²) < 4.78 is 37.2. The van der Waals surface area contributed by atoms with Crippen LogP contribution < -0.4 is 15.6 Å². The van der Waals surface area contributed by atoms with E-state index in [1.165, 1.54) is 52.8 Å². The van der Waals surface area contributed by atoms with Crippen molar-refractivity contribution in [2.75, 3.05) is 30.3 Å². The van der Waals surface area contributed by atoms with Crippen molar-refractivity contribution in [3.8, 4) is 0 Å². The van der Waals surface area contributed by atoms with Gasteiger partial charge < -0.3 is 34.1 Å². The molecule has 85 heavy (non-hydrogen) atoms. The minimum atomic E-state index is -1.33. The number of fused-ring (bicyclic) bond motifs is 8. The molecule has 18 heteroatoms. The number of carboxylic acid groups (broad SMARTS) is 1. The van der Waals surface area contributed by atoms with E-state index in [1.54, 1.807) is 0 Å². The van der Waals surface area contributed by atoms with Crippen LogP contribution in [0.4, 0.5) is 10.1 Å². The number of nitrogens with zero attached hydrogens (tertiary/aromatic N) is 3. The highest BCUT2D eigenvalue weighted by Crippen LogP contribution is 2.82. The van der Waals surface area contributed by atoms with Crippen LogP contribution in [0, 0.1) is 61.5 Å². The summed E-state index contributed by atoms with van der Waals surface area (Å²) >= 11 is 2.90. The van der Waals surface area contributed by atoms with E-state index >= 15 is 9.18 Å². The Morgan fingerprint density at radius 2 is 1.62 bits per heavy atom. The molecule has 6 heterocycles. The molecule has 12 rings (SSSR count). The molecular formula is C67H85FN4O11S2. The Balaban J connectivity index is 0.775. The quantitative estimate of drug-likeness (QED) is 0.0799. The first-order valence-corrected chi connectivity index (χ1v) is 33.1. The number of thiophene rings is 1. The van der Waals surface area contributed by atoms with Gasteiger partial charge >= 0.3 is 23.9 Å². The van der Waals surface area contributed by atoms with Gasteiger partial charge in [0.15, 0.2) is 0 Å². The van der Waals surface area contributed by atoms with Gasteiger partial charge in [-0.25, -0.2) is 14.0 Å². The van der Waals surface area contributed by atoms with E-state index in [1.807, 2.05) is 33.9 Å². The third-order valence-corrected chi connectivity index (χ3v) is 27.4. The predicted molar refractivity (Wildman–Crippen MR) is 324 cm³/mol. The molecule has 2 N–H and O–H groups in total. The Hall–Kier alpha value is -5.49. The number of anilines is 1. The lowest BCUT2D eigenvalue weighted by molar-refractivity contribution is -0.258. The number of carbonyl (C=O) groups excluding carboxylic acids is 5. The van der Waals surface area contributed by atoms with Gasteiger partial charge in [-0.1, -0.05) is 80.0 Å². The molecule has 13 atom stereocenters. The fourth-order valence-electron chi connectivity index (χ4n) is 19.6. The number of ether oxygens (including phenoxy) is 3. The number of thioether (sulfide) groups is 1. The second-order valence-corrected chi connectivity index (χ2v) is 30.9. The fourth-order valence-corrected chi connectivity index (χ4v) is 21.6. The van der Waals surface area contributed by atoms with Crippen molar-refractivity contribution in [3.63, 3.8) is 0 Å². The smallest absolute Gasteiger partial charge is 0.355 e. The molecular weight excluding hydrogens is 1120 g/mol. The average Bonchev–Trinajstić information content (AvgIpc) is 0.871. The standard InChI is InChI=1S/C67H85FN4O11S2/c1-36-16-25-67(60(80)82-41-20-28-70(29-21-41)54-43-15-14-37(2)71-33-45(58(77)78)55(75)44(53(43)71)32-46(54)68)27-26-63(8)48(66(67,11)38(36)3)18-24-64(9)62(7)22-19-49(61(5,6)47(62)17-23-65(63,64)10)83-59(79)52-40(34-81-39(4)73)35-85-57-51(56(76)72(52)57)69-50(74)31-42-13-12-30-84-42/h12-13,18,30,32-33,36-38,41,47,49,51,57H,14-17,19-29,31,34-35H2,1-11H3,(H,69,74)(H,77,78)/t36-,37?,38-,47?,49+,51-,57-,62-,63-,64-,65-,66-,67-/m1/s1. The molecule has 4 aliphatic heterocycles. The molecule has 458 valence electrons. The van der Waals surface area contributed by atoms with E-state index in [9.17, 15) is 33.9 Å². The van der Waals surface area contributed by atoms with E-state index in [2.05, 4.69) is 73.7 Å². The van der Waals surface area contributed by atoms with Crippen LogP contribution in [0.2, 0.25) is 0 Å². The third-order valence-electron chi connectivity index (χ3n) is 25.2. The molecule has 2 unspecified atom stereocenters. The number of hydrogen-bond acceptors (Lipinski definition) is 13. The number of halogens is 1. The first kappa shape index (κ1) is 59.8. The number of allylic oxidation sites excluding steroid dienone is 2. The van der Waals surface area contributed by atoms with Crippen molar-refractivity contribution >= 4 is 75.4 Å². The molecule has 2 aromatic heterocycles. The van der Waals surface area contributed by atoms with Crippen molar-refractivity contribution in [1.29, 1.82) is 0 Å². The number of rotatable bonds is 11. The molecule has 0 radical (unpaired) electrons. The molecule has 2 amide bonds. The number of esters is 3. The highest BCUT2D eigenvalue weighted by molar-refractivity contribution is 8.00. The summed E-state index contributed by atoms with van der Waals surface area (Å²) in [6.07, 6.45) is 13.0. The zero-order valence-corrected chi connectivity index (χ0v) is 53.0. The molecule has 4 saturated carbocycles. The number of β-lactam (4-membered cyclic amide) rings is 1. The molecule has 0 spiro atoms. The Morgan fingerprint density at radius 1 is 0.882 bits per heavy atom. The fraction of sp³-hybridized carbons (Fsp3) is 0.657. The molecule has 1 aromatic carbocycles. The highest BCUT2D eigenvalue weighted by atomic mass is 32.2. The van der Waals surface area contributed by atoms with Gasteiger partial charge in [0.1, 0.15) is 47.3 Å². The molecule has 5 aliphatic carbocycles. The van der Waals surface area contributed by atoms with Gasteiger partial charge in [0.2, 0.25) is 11.3 Å². The number of aryl methyl sites for hydroxylation is 1. The number of hydrogen-bond donors (Lipinski definition) is 2. The van der Waals surface area contributed by atoms with Gasteiger partial charge in [-0.3, -0.25) is 28.9 Å². The number of pyridine rings is 1. The SMILES string of the molecule is CC(=O)OCC1=C(C(=O)O[C@H]2CC[C@]3(C)C(CC[C@@]4(C)[C@]3(C)CC=C3[C@@]5(C)[C@H](C)[C@H](C)CC[C@]5(C(=O)OC5CCN(c6c(F)cc7c(=O)c(C(=O)O)cn8c7c6CCC8C)CC5)CC[C@]34C)C2(C)C)N2C(=O)[C@@H](NC(=O)Cc3cccs3)[C@H]2SC1. The summed E-state index contributed by atoms with van der Waals surface area (Å²) in [7, 11) is 0. The number of carboxylic acids is 1. The maximum Gasteiger partial charge on any atom is 0.355 e. The van der Waals surface area contributed by atoms with E-state index in [0.29, 0.717) is 80.1 Å². The Kier molecular flexibility index (Phi) is 14.7. The lowest BCUT2D eigenvalue weighted by atomic mass is 9.27. The Morgan fingerprint density at radius 3 is 2.32 bits per heavy atom. The maximum atomic E-state index is 16.4. The largest absolute Gasteiger partial charge is 0.477 e. The molecule has 15 nitrogen and oxygen atoms in total. The monoisotopic (exact) mass is 1200 g/mol. The van der Waals surface area contributed by atoms with Crippen LogP contribution in [0.5, 0.6) is 0 Å². The normalized spacial score (nSPS) is 36.5. The van der Waals surface area contributed by atoms with E-state index < -0.39 is 68.8 Å². The van der Waals surface area contributed by atoms with E-state index in [-0.39, 0.29) is 87.2 Å². The number of carbonyl (C=O) groups is 6. The van der Waals surface area contributed by atoms with Crippen LogP contribution in [0.25, 0.3) is 10.9 Å². The number of benzene rings is 1. The Labute approximate surface area is 506 Å². The highest BCUT2D eigenvalue weighted by Gasteiger charge is 2.76. The van der Waals surface area contributed by atoms with Crippen molar-refractivity contribution in [2.24, 2.45) is 55.7 Å². The molecule has 2 saturated heterocycles. The number of nitrogens with one attached hydrogen (secondary N) is 1. The second kappa shape index (κ2) is 20.8. The van der Waals surface area contributed by atoms with Crippen LogP contribution in [-0.2, 0) is 51.0 Å². The number of aromatic carboxylic acids is 1. The van der Waals surface area contributed by atoms with Gasteiger partial charge in [-0.2, -0.15) is 0 Å². The summed E-state index contributed by atoms with van der Waals surface area (Å²) in [5, 5.41) is 14.2. The van der Waals surface area contributed by atoms with E-state index in [0.717, 1.165) is 55.4 Å². The first-order valence-electron chi connectivity index (χ1n) is 31.2. The summed E-state index contributed by atoms with van der Waals surface area (Å²) in [4.78, 5) is 99.5. The van der Waals surface area contributed by atoms with Crippen molar-refractivity contribution < 1.29 is 52.5 Å². The van der Waals surface area contributed by atoms with Gasteiger partial charge in [0.05, 0.1) is 23.0 Å². The van der Waals surface area contributed by atoms with Crippen LogP contribution in [0.1, 0.15) is 180 Å². The maximum absolute atomic E-state index is 16.4. The molecule has 3 aromatic rings. The average molecular weight is 1210 g/mol. The topological polar surface area (TPSA) is 191 Å². The summed E-state index contributed by atoms with van der Waals surface area (Å²) in [6.45, 7) is 25.8. The lowest BCUT2D eigenvalue weighted by Gasteiger charge is -2.77. The predicted octanol–water partition coefficient (Wildman–Crippen LogP) is 11.7. The van der Waals surface area contributed by atoms with Crippen molar-refractivity contribution in [3.05, 3.63) is 84.7 Å². The zero-order valence-electron chi connectivity index (χ0n) is 51.4. The van der Waals surface area contributed by atoms with Gasteiger partial charge in [-0.05, 0) is 134 Å². The Bertz CT molecular complexity index is 3460. The number of piperidine rings is 1. The molecule has 0 bridgehead atoms. The zero-order chi connectivity index (χ0) is 60.9. The third kappa shape index (κ3) is 8.57. The summed E-state index contributed by atoms with van der Waals surface area (Å²) in [6, 6.07) is 4.11. The minimum Gasteiger partial charge on any atom is -0.477 e. The first-order chi connectivity index (χ1) is 40.1. The summed E-state index contributed by atoms with van der Waals surface area (Å²) in [5.74, 6) is -2.66. The summed E-state index contributed by atoms with van der Waals surface area (Å²) in [5.41, 5.74) is 0.325. The van der Waals surface area contributed by atoms with Gasteiger partial charge in [-0.15, -0.1) is 23.1 Å². The van der Waals surface area contributed by atoms with Crippen LogP contribution in [-0.4, -0.2) is 99.3 Å². The second-order valence-electron chi connectivity index (χ2n) is 28.8. The molecule has 9 aliphatic rings. The van der Waals surface area contributed by atoms with Crippen LogP contribution in [0.3, 0.4) is 0 Å². The van der Waals surface area contributed by atoms with Crippen LogP contribution in [0.15, 0.2) is 57.5 Å². The minimum absolute atomic E-state index is 0.0623. The van der Waals surface area contributed by atoms with Crippen molar-refractivity contribution in [1.82, 2.24) is 14.8 Å².